The number of aryl methyl sites for hydroxylation is 1. The molecule has 1 atom stereocenters. The van der Waals surface area contributed by atoms with Gasteiger partial charge in [0.15, 0.2) is 0 Å². The van der Waals surface area contributed by atoms with Crippen LogP contribution >= 0.6 is 0 Å². The molecule has 4 nitrogen and oxygen atoms in total. The van der Waals surface area contributed by atoms with Crippen molar-refractivity contribution in [3.05, 3.63) is 29.3 Å². The van der Waals surface area contributed by atoms with Crippen molar-refractivity contribution in [2.75, 3.05) is 19.6 Å². The molecule has 0 aliphatic carbocycles. The number of carbonyl (C=O) groups is 1. The first-order valence-electron chi connectivity index (χ1n) is 6.45. The Hall–Kier alpha value is -1.55. The van der Waals surface area contributed by atoms with E-state index >= 15 is 0 Å². The lowest BCUT2D eigenvalue weighted by Gasteiger charge is -2.22. The summed E-state index contributed by atoms with van der Waals surface area (Å²) in [4.78, 5) is 11.9. The first kappa shape index (κ1) is 12.9. The molecule has 1 aliphatic heterocycles. The summed E-state index contributed by atoms with van der Waals surface area (Å²) in [5.74, 6) is 0.350. The smallest absolute Gasteiger partial charge is 0.255 e. The van der Waals surface area contributed by atoms with Crippen LogP contribution in [0.15, 0.2) is 18.2 Å². The number of nitrogens with one attached hydrogen (secondary N) is 2. The van der Waals surface area contributed by atoms with Crippen molar-refractivity contribution in [3.8, 4) is 5.75 Å². The topological polar surface area (TPSA) is 61.4 Å². The highest BCUT2D eigenvalue weighted by atomic mass is 16.3. The lowest BCUT2D eigenvalue weighted by atomic mass is 9.99. The Morgan fingerprint density at radius 2 is 2.39 bits per heavy atom. The molecular weight excluding hydrogens is 228 g/mol. The van der Waals surface area contributed by atoms with E-state index in [2.05, 4.69) is 10.6 Å². The molecule has 4 heteroatoms. The van der Waals surface area contributed by atoms with Gasteiger partial charge in [-0.1, -0.05) is 6.07 Å². The minimum Gasteiger partial charge on any atom is -0.507 e. The third-order valence-electron chi connectivity index (χ3n) is 3.35. The van der Waals surface area contributed by atoms with E-state index in [1.807, 2.05) is 13.0 Å². The van der Waals surface area contributed by atoms with Crippen molar-refractivity contribution < 1.29 is 9.90 Å². The summed E-state index contributed by atoms with van der Waals surface area (Å²) in [6.45, 7) is 4.58. The molecule has 1 amide bonds. The zero-order valence-electron chi connectivity index (χ0n) is 10.7. The van der Waals surface area contributed by atoms with Crippen LogP contribution in [0.3, 0.4) is 0 Å². The van der Waals surface area contributed by atoms with E-state index in [1.54, 1.807) is 12.1 Å². The van der Waals surface area contributed by atoms with Gasteiger partial charge in [-0.05, 0) is 56.5 Å². The molecule has 1 heterocycles. The normalized spacial score (nSPS) is 19.5. The number of piperidine rings is 1. The molecule has 1 unspecified atom stereocenters. The zero-order chi connectivity index (χ0) is 13.0. The molecule has 1 fully saturated rings. The molecule has 1 saturated heterocycles. The third kappa shape index (κ3) is 3.23. The zero-order valence-corrected chi connectivity index (χ0v) is 10.7. The maximum absolute atomic E-state index is 11.9. The maximum Gasteiger partial charge on any atom is 0.255 e. The SMILES string of the molecule is Cc1ccc(C(=O)NCC2CCCNC2)c(O)c1. The highest BCUT2D eigenvalue weighted by Gasteiger charge is 2.16. The van der Waals surface area contributed by atoms with E-state index in [0.717, 1.165) is 31.5 Å². The quantitative estimate of drug-likeness (QED) is 0.758. The van der Waals surface area contributed by atoms with Gasteiger partial charge in [0.25, 0.3) is 5.91 Å². The molecule has 2 rings (SSSR count). The van der Waals surface area contributed by atoms with Crippen molar-refractivity contribution >= 4 is 5.91 Å². The maximum atomic E-state index is 11.9. The van der Waals surface area contributed by atoms with Crippen LogP contribution in [0, 0.1) is 12.8 Å². The molecule has 3 N–H and O–H groups in total. The van der Waals surface area contributed by atoms with Gasteiger partial charge < -0.3 is 15.7 Å². The fourth-order valence-corrected chi connectivity index (χ4v) is 2.26. The van der Waals surface area contributed by atoms with Gasteiger partial charge in [0.2, 0.25) is 0 Å². The van der Waals surface area contributed by atoms with Crippen LogP contribution in [0.5, 0.6) is 5.75 Å². The highest BCUT2D eigenvalue weighted by molar-refractivity contribution is 5.96. The summed E-state index contributed by atoms with van der Waals surface area (Å²) in [7, 11) is 0. The van der Waals surface area contributed by atoms with Crippen LogP contribution in [0.25, 0.3) is 0 Å². The molecule has 1 aromatic rings. The number of benzene rings is 1. The summed E-state index contributed by atoms with van der Waals surface area (Å²) in [5, 5.41) is 15.9. The van der Waals surface area contributed by atoms with Gasteiger partial charge in [-0.2, -0.15) is 0 Å². The Bertz CT molecular complexity index is 426. The number of phenolic OH excluding ortho intramolecular Hbond substituents is 1. The van der Waals surface area contributed by atoms with Gasteiger partial charge in [-0.3, -0.25) is 4.79 Å². The molecular formula is C14H20N2O2. The van der Waals surface area contributed by atoms with Gasteiger partial charge in [0, 0.05) is 6.54 Å². The van der Waals surface area contributed by atoms with Gasteiger partial charge in [-0.25, -0.2) is 0 Å². The second-order valence-electron chi connectivity index (χ2n) is 4.94. The lowest BCUT2D eigenvalue weighted by Crippen LogP contribution is -2.38. The van der Waals surface area contributed by atoms with Crippen molar-refractivity contribution in [1.29, 1.82) is 0 Å². The number of phenols is 1. The van der Waals surface area contributed by atoms with Crippen molar-refractivity contribution in [2.24, 2.45) is 5.92 Å². The Labute approximate surface area is 107 Å². The number of carbonyl (C=O) groups excluding carboxylic acids is 1. The summed E-state index contributed by atoms with van der Waals surface area (Å²) in [5.41, 5.74) is 1.30. The fourth-order valence-electron chi connectivity index (χ4n) is 2.26. The Morgan fingerprint density at radius 1 is 1.56 bits per heavy atom. The van der Waals surface area contributed by atoms with Crippen LogP contribution in [-0.2, 0) is 0 Å². The monoisotopic (exact) mass is 248 g/mol. The highest BCUT2D eigenvalue weighted by Crippen LogP contribution is 2.18. The van der Waals surface area contributed by atoms with E-state index < -0.39 is 0 Å². The Morgan fingerprint density at radius 3 is 3.06 bits per heavy atom. The second-order valence-corrected chi connectivity index (χ2v) is 4.94. The number of rotatable bonds is 3. The summed E-state index contributed by atoms with van der Waals surface area (Å²) >= 11 is 0. The molecule has 0 spiro atoms. The average molecular weight is 248 g/mol. The molecule has 98 valence electrons. The van der Waals surface area contributed by atoms with Crippen LogP contribution in [0.1, 0.15) is 28.8 Å². The molecule has 0 bridgehead atoms. The third-order valence-corrected chi connectivity index (χ3v) is 3.35. The standard InChI is InChI=1S/C14H20N2O2/c1-10-4-5-12(13(17)7-10)14(18)16-9-11-3-2-6-15-8-11/h4-5,7,11,15,17H,2-3,6,8-9H2,1H3,(H,16,18). The largest absolute Gasteiger partial charge is 0.507 e. The van der Waals surface area contributed by atoms with Crippen LogP contribution < -0.4 is 10.6 Å². The van der Waals surface area contributed by atoms with Crippen molar-refractivity contribution in [3.63, 3.8) is 0 Å². The van der Waals surface area contributed by atoms with E-state index in [9.17, 15) is 9.90 Å². The molecule has 0 saturated carbocycles. The average Bonchev–Trinajstić information content (AvgIpc) is 2.37. The number of hydrogen-bond acceptors (Lipinski definition) is 3. The first-order valence-corrected chi connectivity index (χ1v) is 6.45. The summed E-state index contributed by atoms with van der Waals surface area (Å²) in [6, 6.07) is 5.10. The lowest BCUT2D eigenvalue weighted by molar-refractivity contribution is 0.0942. The van der Waals surface area contributed by atoms with Gasteiger partial charge >= 0.3 is 0 Å². The molecule has 1 aliphatic rings. The van der Waals surface area contributed by atoms with Gasteiger partial charge in [-0.15, -0.1) is 0 Å². The minimum absolute atomic E-state index is 0.0502. The van der Waals surface area contributed by atoms with Crippen molar-refractivity contribution in [1.82, 2.24) is 10.6 Å². The van der Waals surface area contributed by atoms with E-state index in [4.69, 9.17) is 0 Å². The molecule has 0 radical (unpaired) electrons. The Balaban J connectivity index is 1.90. The first-order chi connectivity index (χ1) is 8.66. The Kier molecular flexibility index (Phi) is 4.20. The van der Waals surface area contributed by atoms with Crippen LogP contribution in [0.2, 0.25) is 0 Å². The number of hydrogen-bond donors (Lipinski definition) is 3. The van der Waals surface area contributed by atoms with Crippen LogP contribution in [-0.4, -0.2) is 30.6 Å². The minimum atomic E-state index is -0.196. The van der Waals surface area contributed by atoms with Gasteiger partial charge in [0.05, 0.1) is 5.56 Å². The summed E-state index contributed by atoms with van der Waals surface area (Å²) < 4.78 is 0. The van der Waals surface area contributed by atoms with Gasteiger partial charge in [0.1, 0.15) is 5.75 Å². The number of amides is 1. The molecule has 1 aromatic carbocycles. The van der Waals surface area contributed by atoms with Crippen molar-refractivity contribution in [2.45, 2.75) is 19.8 Å². The number of aromatic hydroxyl groups is 1. The molecule has 18 heavy (non-hydrogen) atoms. The predicted molar refractivity (Wildman–Crippen MR) is 70.8 cm³/mol. The van der Waals surface area contributed by atoms with E-state index in [-0.39, 0.29) is 11.7 Å². The van der Waals surface area contributed by atoms with E-state index in [0.29, 0.717) is 18.0 Å². The second kappa shape index (κ2) is 5.87. The summed E-state index contributed by atoms with van der Waals surface area (Å²) in [6.07, 6.45) is 2.31. The fraction of sp³-hybridized carbons (Fsp3) is 0.500. The van der Waals surface area contributed by atoms with Crippen LogP contribution in [0.4, 0.5) is 0 Å². The van der Waals surface area contributed by atoms with E-state index in [1.165, 1.54) is 0 Å². The predicted octanol–water partition coefficient (Wildman–Crippen LogP) is 1.43. The molecule has 0 aromatic heterocycles.